The quantitative estimate of drug-likeness (QED) is 0.797. The number of aryl methyl sites for hydroxylation is 1. The monoisotopic (exact) mass is 389 g/mol. The van der Waals surface area contributed by atoms with E-state index in [9.17, 15) is 21.2 Å². The average molecular weight is 390 g/mol. The van der Waals surface area contributed by atoms with Gasteiger partial charge in [-0.3, -0.25) is 0 Å². The van der Waals surface area contributed by atoms with E-state index in [1.807, 2.05) is 0 Å². The molecule has 0 bridgehead atoms. The molecule has 0 amide bonds. The maximum absolute atomic E-state index is 13.3. The van der Waals surface area contributed by atoms with Gasteiger partial charge in [-0.2, -0.15) is 0 Å². The van der Waals surface area contributed by atoms with Crippen LogP contribution in [0.3, 0.4) is 0 Å². The van der Waals surface area contributed by atoms with Crippen LogP contribution in [0.4, 0.5) is 4.39 Å². The summed E-state index contributed by atoms with van der Waals surface area (Å²) in [5.74, 6) is -1.04. The van der Waals surface area contributed by atoms with Gasteiger partial charge < -0.3 is 5.32 Å². The number of nitrogens with one attached hydrogen (secondary N) is 1. The highest BCUT2D eigenvalue weighted by Gasteiger charge is 2.46. The van der Waals surface area contributed by atoms with Gasteiger partial charge in [-0.25, -0.2) is 21.2 Å². The standard InChI is InChI=1S/C17H24FNO4S2/c1-12-9-13(18)7-8-16(12)25(22,23)17-11-24(20,21)10-15(17)19-14-5-3-2-4-6-14/h7-9,14-15,17,19H,2-6,10-11H2,1H3/t15-,17-/m0/s1. The summed E-state index contributed by atoms with van der Waals surface area (Å²) in [6.07, 6.45) is 5.20. The number of hydrogen-bond donors (Lipinski definition) is 1. The first kappa shape index (κ1) is 18.8. The van der Waals surface area contributed by atoms with Crippen LogP contribution in [0.15, 0.2) is 23.1 Å². The van der Waals surface area contributed by atoms with Gasteiger partial charge in [-0.15, -0.1) is 0 Å². The molecule has 2 fully saturated rings. The van der Waals surface area contributed by atoms with Crippen molar-refractivity contribution in [1.82, 2.24) is 5.32 Å². The molecule has 0 aromatic heterocycles. The van der Waals surface area contributed by atoms with Gasteiger partial charge in [-0.1, -0.05) is 19.3 Å². The van der Waals surface area contributed by atoms with Crippen molar-refractivity contribution in [2.24, 2.45) is 0 Å². The Morgan fingerprint density at radius 1 is 1.12 bits per heavy atom. The fraction of sp³-hybridized carbons (Fsp3) is 0.647. The Balaban J connectivity index is 1.91. The van der Waals surface area contributed by atoms with Gasteiger partial charge >= 0.3 is 0 Å². The summed E-state index contributed by atoms with van der Waals surface area (Å²) in [4.78, 5) is 0.0199. The van der Waals surface area contributed by atoms with Gasteiger partial charge in [0.1, 0.15) is 5.82 Å². The van der Waals surface area contributed by atoms with Crippen molar-refractivity contribution in [2.45, 2.75) is 61.3 Å². The first-order valence-electron chi connectivity index (χ1n) is 8.65. The Hall–Kier alpha value is -0.990. The first-order chi connectivity index (χ1) is 11.7. The van der Waals surface area contributed by atoms with Gasteiger partial charge in [0.15, 0.2) is 19.7 Å². The summed E-state index contributed by atoms with van der Waals surface area (Å²) < 4.78 is 63.8. The molecule has 0 spiro atoms. The van der Waals surface area contributed by atoms with Crippen molar-refractivity contribution >= 4 is 19.7 Å². The molecule has 25 heavy (non-hydrogen) atoms. The lowest BCUT2D eigenvalue weighted by Crippen LogP contribution is -2.48. The van der Waals surface area contributed by atoms with Crippen LogP contribution in [0.25, 0.3) is 0 Å². The Morgan fingerprint density at radius 2 is 1.80 bits per heavy atom. The number of rotatable bonds is 4. The minimum Gasteiger partial charge on any atom is -0.309 e. The molecule has 1 aromatic carbocycles. The zero-order valence-corrected chi connectivity index (χ0v) is 15.9. The predicted molar refractivity (Wildman–Crippen MR) is 94.6 cm³/mol. The summed E-state index contributed by atoms with van der Waals surface area (Å²) in [6, 6.07) is 3.07. The molecule has 1 saturated heterocycles. The zero-order chi connectivity index (χ0) is 18.2. The Bertz CT molecular complexity index is 845. The molecule has 140 valence electrons. The average Bonchev–Trinajstić information content (AvgIpc) is 2.83. The smallest absolute Gasteiger partial charge is 0.184 e. The van der Waals surface area contributed by atoms with E-state index < -0.39 is 36.8 Å². The van der Waals surface area contributed by atoms with Gasteiger partial charge in [0, 0.05) is 12.1 Å². The summed E-state index contributed by atoms with van der Waals surface area (Å²) in [5.41, 5.74) is 0.306. The van der Waals surface area contributed by atoms with Crippen LogP contribution in [-0.4, -0.2) is 45.7 Å². The van der Waals surface area contributed by atoms with E-state index in [4.69, 9.17) is 0 Å². The van der Waals surface area contributed by atoms with Crippen molar-refractivity contribution in [2.75, 3.05) is 11.5 Å². The molecule has 1 aliphatic carbocycles. The minimum absolute atomic E-state index is 0.0199. The molecule has 0 radical (unpaired) electrons. The molecule has 2 aliphatic rings. The lowest BCUT2D eigenvalue weighted by atomic mass is 9.95. The topological polar surface area (TPSA) is 80.3 Å². The van der Waals surface area contributed by atoms with Crippen molar-refractivity contribution in [3.63, 3.8) is 0 Å². The lowest BCUT2D eigenvalue weighted by molar-refractivity contribution is 0.345. The largest absolute Gasteiger partial charge is 0.309 e. The van der Waals surface area contributed by atoms with E-state index in [2.05, 4.69) is 5.32 Å². The highest BCUT2D eigenvalue weighted by molar-refractivity contribution is 7.96. The number of halogens is 1. The Morgan fingerprint density at radius 3 is 2.44 bits per heavy atom. The second-order valence-corrected chi connectivity index (χ2v) is 11.5. The molecular formula is C17H24FNO4S2. The Labute approximate surface area is 148 Å². The fourth-order valence-corrected chi connectivity index (χ4v) is 8.85. The lowest BCUT2D eigenvalue weighted by Gasteiger charge is -2.29. The molecule has 1 heterocycles. The van der Waals surface area contributed by atoms with Gasteiger partial charge in [-0.05, 0) is 43.5 Å². The molecule has 1 aromatic rings. The number of benzene rings is 1. The molecular weight excluding hydrogens is 365 g/mol. The summed E-state index contributed by atoms with van der Waals surface area (Å²) >= 11 is 0. The molecule has 1 saturated carbocycles. The van der Waals surface area contributed by atoms with Crippen LogP contribution in [0.2, 0.25) is 0 Å². The molecule has 0 unspecified atom stereocenters. The highest BCUT2D eigenvalue weighted by Crippen LogP contribution is 2.29. The van der Waals surface area contributed by atoms with Crippen molar-refractivity contribution in [1.29, 1.82) is 0 Å². The van der Waals surface area contributed by atoms with Crippen molar-refractivity contribution in [3.05, 3.63) is 29.6 Å². The van der Waals surface area contributed by atoms with Crippen LogP contribution in [0.5, 0.6) is 0 Å². The minimum atomic E-state index is -3.87. The third-order valence-electron chi connectivity index (χ3n) is 5.20. The van der Waals surface area contributed by atoms with E-state index in [0.29, 0.717) is 5.56 Å². The third kappa shape index (κ3) is 4.06. The molecule has 3 rings (SSSR count). The van der Waals surface area contributed by atoms with Crippen LogP contribution < -0.4 is 5.32 Å². The SMILES string of the molecule is Cc1cc(F)ccc1S(=O)(=O)[C@H]1CS(=O)(=O)C[C@@H]1NC1CCCCC1. The van der Waals surface area contributed by atoms with Gasteiger partial charge in [0.2, 0.25) is 0 Å². The van der Waals surface area contributed by atoms with Gasteiger partial charge in [0.25, 0.3) is 0 Å². The van der Waals surface area contributed by atoms with E-state index in [1.54, 1.807) is 0 Å². The van der Waals surface area contributed by atoms with E-state index in [1.165, 1.54) is 19.1 Å². The third-order valence-corrected chi connectivity index (χ3v) is 9.51. The molecule has 1 N–H and O–H groups in total. The summed E-state index contributed by atoms with van der Waals surface area (Å²) in [5, 5.41) is 2.27. The van der Waals surface area contributed by atoms with E-state index in [0.717, 1.165) is 38.2 Å². The number of hydrogen-bond acceptors (Lipinski definition) is 5. The highest BCUT2D eigenvalue weighted by atomic mass is 32.2. The van der Waals surface area contributed by atoms with Crippen LogP contribution in [-0.2, 0) is 19.7 Å². The molecule has 5 nitrogen and oxygen atoms in total. The van der Waals surface area contributed by atoms with Crippen LogP contribution >= 0.6 is 0 Å². The second kappa shape index (κ2) is 6.96. The zero-order valence-electron chi connectivity index (χ0n) is 14.2. The van der Waals surface area contributed by atoms with Crippen LogP contribution in [0.1, 0.15) is 37.7 Å². The molecule has 8 heteroatoms. The van der Waals surface area contributed by atoms with Crippen LogP contribution in [0, 0.1) is 12.7 Å². The fourth-order valence-electron chi connectivity index (χ4n) is 3.94. The normalized spacial score (nSPS) is 27.4. The second-order valence-electron chi connectivity index (χ2n) is 7.18. The predicted octanol–water partition coefficient (Wildman–Crippen LogP) is 2.00. The maximum Gasteiger partial charge on any atom is 0.184 e. The Kier molecular flexibility index (Phi) is 5.23. The first-order valence-corrected chi connectivity index (χ1v) is 12.0. The van der Waals surface area contributed by atoms with Crippen molar-refractivity contribution < 1.29 is 21.2 Å². The molecule has 2 atom stereocenters. The van der Waals surface area contributed by atoms with E-state index in [-0.39, 0.29) is 22.4 Å². The summed E-state index contributed by atoms with van der Waals surface area (Å²) in [7, 11) is -7.29. The number of sulfone groups is 2. The van der Waals surface area contributed by atoms with Crippen molar-refractivity contribution in [3.8, 4) is 0 Å². The van der Waals surface area contributed by atoms with Gasteiger partial charge in [0.05, 0.1) is 21.7 Å². The summed E-state index contributed by atoms with van der Waals surface area (Å²) in [6.45, 7) is 1.53. The van der Waals surface area contributed by atoms with E-state index >= 15 is 0 Å². The molecule has 1 aliphatic heterocycles. The maximum atomic E-state index is 13.3.